The fraction of sp³-hybridized carbons (Fsp3) is 0.714. The van der Waals surface area contributed by atoms with Gasteiger partial charge in [-0.2, -0.15) is 5.10 Å². The Hall–Kier alpha value is -1.56. The number of anilines is 1. The number of nitrogens with two attached hydrogens (primary N) is 1. The smallest absolute Gasteiger partial charge is 0.274 e. The Labute approximate surface area is 118 Å². The average molecular weight is 278 g/mol. The topological polar surface area (TPSA) is 73.4 Å². The number of aromatic nitrogens is 2. The van der Waals surface area contributed by atoms with Gasteiger partial charge in [0.25, 0.3) is 5.91 Å². The standard InChI is InChI=1S/C14H22N4O2/c1-2-18-13(12(15)7-16-18)14(19)17(11-3-4-11)8-10-5-6-20-9-10/h7,10-11H,2-6,8-9,15H2,1H3. The Balaban J connectivity index is 1.79. The van der Waals surface area contributed by atoms with Gasteiger partial charge < -0.3 is 15.4 Å². The lowest BCUT2D eigenvalue weighted by Crippen LogP contribution is -2.38. The van der Waals surface area contributed by atoms with Crippen LogP contribution in [0, 0.1) is 5.92 Å². The number of amides is 1. The van der Waals surface area contributed by atoms with Gasteiger partial charge in [0.1, 0.15) is 5.69 Å². The van der Waals surface area contributed by atoms with Crippen LogP contribution in [-0.4, -0.2) is 46.4 Å². The molecule has 1 aromatic rings. The van der Waals surface area contributed by atoms with E-state index in [0.29, 0.717) is 29.9 Å². The third-order valence-corrected chi connectivity index (χ3v) is 4.10. The van der Waals surface area contributed by atoms with Gasteiger partial charge in [-0.15, -0.1) is 0 Å². The number of aryl methyl sites for hydroxylation is 1. The van der Waals surface area contributed by atoms with Crippen LogP contribution in [0.15, 0.2) is 6.20 Å². The molecule has 1 unspecified atom stereocenters. The molecular formula is C14H22N4O2. The number of nitrogen functional groups attached to an aromatic ring is 1. The van der Waals surface area contributed by atoms with Gasteiger partial charge in [-0.25, -0.2) is 0 Å². The first-order valence-electron chi connectivity index (χ1n) is 7.40. The number of carbonyl (C=O) groups excluding carboxylic acids is 1. The maximum Gasteiger partial charge on any atom is 0.274 e. The molecule has 6 heteroatoms. The molecule has 2 heterocycles. The number of nitrogens with zero attached hydrogens (tertiary/aromatic N) is 3. The molecule has 2 N–H and O–H groups in total. The molecular weight excluding hydrogens is 256 g/mol. The Morgan fingerprint density at radius 3 is 2.95 bits per heavy atom. The maximum atomic E-state index is 12.8. The third-order valence-electron chi connectivity index (χ3n) is 4.10. The molecule has 2 fully saturated rings. The van der Waals surface area contributed by atoms with Crippen LogP contribution < -0.4 is 5.73 Å². The molecule has 6 nitrogen and oxygen atoms in total. The van der Waals surface area contributed by atoms with E-state index in [0.717, 1.165) is 39.0 Å². The average Bonchev–Trinajstić information content (AvgIpc) is 3.02. The minimum Gasteiger partial charge on any atom is -0.396 e. The molecule has 1 aliphatic carbocycles. The van der Waals surface area contributed by atoms with Crippen molar-refractivity contribution in [3.05, 3.63) is 11.9 Å². The molecule has 3 rings (SSSR count). The van der Waals surface area contributed by atoms with E-state index in [2.05, 4.69) is 5.10 Å². The van der Waals surface area contributed by atoms with Gasteiger partial charge >= 0.3 is 0 Å². The minimum absolute atomic E-state index is 0.0243. The summed E-state index contributed by atoms with van der Waals surface area (Å²) in [5.74, 6) is 0.482. The minimum atomic E-state index is 0.0243. The van der Waals surface area contributed by atoms with Gasteiger partial charge in [-0.05, 0) is 26.2 Å². The van der Waals surface area contributed by atoms with Gasteiger partial charge in [0.15, 0.2) is 0 Å². The summed E-state index contributed by atoms with van der Waals surface area (Å²) >= 11 is 0. The van der Waals surface area contributed by atoms with Crippen molar-refractivity contribution >= 4 is 11.6 Å². The Morgan fingerprint density at radius 2 is 2.35 bits per heavy atom. The first-order valence-corrected chi connectivity index (χ1v) is 7.40. The summed E-state index contributed by atoms with van der Waals surface area (Å²) in [6.45, 7) is 4.97. The summed E-state index contributed by atoms with van der Waals surface area (Å²) in [5.41, 5.74) is 6.95. The number of rotatable bonds is 5. The number of carbonyl (C=O) groups is 1. The van der Waals surface area contributed by atoms with E-state index in [-0.39, 0.29) is 5.91 Å². The molecule has 1 aliphatic heterocycles. The van der Waals surface area contributed by atoms with Gasteiger partial charge in [0.2, 0.25) is 0 Å². The van der Waals surface area contributed by atoms with Crippen LogP contribution >= 0.6 is 0 Å². The third kappa shape index (κ3) is 2.52. The number of hydrogen-bond donors (Lipinski definition) is 1. The van der Waals surface area contributed by atoms with Crippen molar-refractivity contribution in [2.75, 3.05) is 25.5 Å². The lowest BCUT2D eigenvalue weighted by molar-refractivity contribution is 0.0695. The van der Waals surface area contributed by atoms with Crippen LogP contribution in [0.5, 0.6) is 0 Å². The molecule has 1 saturated heterocycles. The monoisotopic (exact) mass is 278 g/mol. The number of ether oxygens (including phenoxy) is 1. The summed E-state index contributed by atoms with van der Waals surface area (Å²) in [4.78, 5) is 14.8. The highest BCUT2D eigenvalue weighted by Gasteiger charge is 2.36. The molecule has 20 heavy (non-hydrogen) atoms. The predicted molar refractivity (Wildman–Crippen MR) is 75.3 cm³/mol. The highest BCUT2D eigenvalue weighted by Crippen LogP contribution is 2.31. The van der Waals surface area contributed by atoms with Crippen LogP contribution in [0.3, 0.4) is 0 Å². The molecule has 0 radical (unpaired) electrons. The lowest BCUT2D eigenvalue weighted by atomic mass is 10.1. The van der Waals surface area contributed by atoms with Crippen molar-refractivity contribution < 1.29 is 9.53 Å². The van der Waals surface area contributed by atoms with E-state index in [1.54, 1.807) is 10.9 Å². The van der Waals surface area contributed by atoms with Crippen molar-refractivity contribution in [1.29, 1.82) is 0 Å². The Morgan fingerprint density at radius 1 is 1.55 bits per heavy atom. The molecule has 1 amide bonds. The van der Waals surface area contributed by atoms with E-state index in [9.17, 15) is 4.79 Å². The van der Waals surface area contributed by atoms with E-state index >= 15 is 0 Å². The van der Waals surface area contributed by atoms with Crippen molar-refractivity contribution in [2.45, 2.75) is 38.8 Å². The highest BCUT2D eigenvalue weighted by molar-refractivity contribution is 5.97. The van der Waals surface area contributed by atoms with E-state index in [1.807, 2.05) is 11.8 Å². The van der Waals surface area contributed by atoms with Gasteiger partial charge in [0.05, 0.1) is 18.5 Å². The van der Waals surface area contributed by atoms with Gasteiger partial charge in [-0.1, -0.05) is 0 Å². The van der Waals surface area contributed by atoms with Crippen molar-refractivity contribution in [3.63, 3.8) is 0 Å². The van der Waals surface area contributed by atoms with Gasteiger partial charge in [-0.3, -0.25) is 9.48 Å². The molecule has 1 atom stereocenters. The Bertz CT molecular complexity index is 489. The SMILES string of the molecule is CCn1ncc(N)c1C(=O)N(CC1CCOC1)C1CC1. The van der Waals surface area contributed by atoms with Crippen LogP contribution in [-0.2, 0) is 11.3 Å². The highest BCUT2D eigenvalue weighted by atomic mass is 16.5. The van der Waals surface area contributed by atoms with Crippen LogP contribution in [0.2, 0.25) is 0 Å². The second-order valence-corrected chi connectivity index (χ2v) is 5.68. The fourth-order valence-electron chi connectivity index (χ4n) is 2.80. The lowest BCUT2D eigenvalue weighted by Gasteiger charge is -2.25. The maximum absolute atomic E-state index is 12.8. The zero-order valence-corrected chi connectivity index (χ0v) is 11.9. The summed E-state index contributed by atoms with van der Waals surface area (Å²) in [6.07, 6.45) is 4.80. The van der Waals surface area contributed by atoms with E-state index in [4.69, 9.17) is 10.5 Å². The summed E-state index contributed by atoms with van der Waals surface area (Å²) in [7, 11) is 0. The van der Waals surface area contributed by atoms with Gasteiger partial charge in [0, 0.05) is 31.7 Å². The zero-order chi connectivity index (χ0) is 14.1. The normalized spacial score (nSPS) is 22.1. The molecule has 1 saturated carbocycles. The second-order valence-electron chi connectivity index (χ2n) is 5.68. The Kier molecular flexibility index (Phi) is 3.65. The van der Waals surface area contributed by atoms with Crippen molar-refractivity contribution in [2.24, 2.45) is 5.92 Å². The molecule has 110 valence electrons. The second kappa shape index (κ2) is 5.44. The van der Waals surface area contributed by atoms with Crippen molar-refractivity contribution in [1.82, 2.24) is 14.7 Å². The molecule has 0 bridgehead atoms. The van der Waals surface area contributed by atoms with Crippen molar-refractivity contribution in [3.8, 4) is 0 Å². The van der Waals surface area contributed by atoms with E-state index in [1.165, 1.54) is 0 Å². The summed E-state index contributed by atoms with van der Waals surface area (Å²) in [6, 6.07) is 0.378. The number of hydrogen-bond acceptors (Lipinski definition) is 4. The quantitative estimate of drug-likeness (QED) is 0.876. The van der Waals surface area contributed by atoms with E-state index < -0.39 is 0 Å². The first kappa shape index (κ1) is 13.4. The van der Waals surface area contributed by atoms with Crippen LogP contribution in [0.1, 0.15) is 36.7 Å². The molecule has 1 aromatic heterocycles. The first-order chi connectivity index (χ1) is 9.70. The fourth-order valence-corrected chi connectivity index (χ4v) is 2.80. The molecule has 0 aromatic carbocycles. The summed E-state index contributed by atoms with van der Waals surface area (Å²) < 4.78 is 7.11. The molecule has 2 aliphatic rings. The molecule has 0 spiro atoms. The largest absolute Gasteiger partial charge is 0.396 e. The van der Waals surface area contributed by atoms with Crippen LogP contribution in [0.4, 0.5) is 5.69 Å². The summed E-state index contributed by atoms with van der Waals surface area (Å²) in [5, 5.41) is 4.17. The predicted octanol–water partition coefficient (Wildman–Crippen LogP) is 1.13. The van der Waals surface area contributed by atoms with Crippen LogP contribution in [0.25, 0.3) is 0 Å². The zero-order valence-electron chi connectivity index (χ0n) is 11.9.